The average molecular weight is 297 g/mol. The third-order valence-corrected chi connectivity index (χ3v) is 4.34. The van der Waals surface area contributed by atoms with E-state index < -0.39 is 17.6 Å². The minimum atomic E-state index is -0.758. The van der Waals surface area contributed by atoms with Crippen LogP contribution in [0.3, 0.4) is 0 Å². The number of halogens is 2. The Morgan fingerprint density at radius 1 is 1.38 bits per heavy atom. The summed E-state index contributed by atoms with van der Waals surface area (Å²) < 4.78 is 26.9. The van der Waals surface area contributed by atoms with Crippen molar-refractivity contribution < 1.29 is 18.7 Å². The summed E-state index contributed by atoms with van der Waals surface area (Å²) in [6.07, 6.45) is 3.53. The van der Waals surface area contributed by atoms with Crippen LogP contribution in [0.2, 0.25) is 0 Å². The lowest BCUT2D eigenvalue weighted by molar-refractivity contribution is -0.144. The second-order valence-corrected chi connectivity index (χ2v) is 5.79. The summed E-state index contributed by atoms with van der Waals surface area (Å²) in [6, 6.07) is 3.04. The number of rotatable bonds is 5. The first-order valence-electron chi connectivity index (χ1n) is 7.40. The molecule has 0 amide bonds. The number of benzene rings is 1. The molecule has 0 bridgehead atoms. The van der Waals surface area contributed by atoms with Crippen molar-refractivity contribution in [2.45, 2.75) is 38.6 Å². The van der Waals surface area contributed by atoms with Crippen LogP contribution in [0.5, 0.6) is 0 Å². The van der Waals surface area contributed by atoms with Gasteiger partial charge < -0.3 is 10.4 Å². The fourth-order valence-corrected chi connectivity index (χ4v) is 3.06. The standard InChI is InChI=1S/C16H21F2NO2/c1-10(14-8-12(17)6-7-15(14)18)19-9-11-4-2-3-5-13(11)16(20)21/h6-8,10-11,13,19H,2-5,9H2,1H3,(H,20,21). The molecule has 3 atom stereocenters. The molecule has 0 aliphatic heterocycles. The second-order valence-electron chi connectivity index (χ2n) is 5.79. The lowest BCUT2D eigenvalue weighted by Crippen LogP contribution is -2.35. The summed E-state index contributed by atoms with van der Waals surface area (Å²) >= 11 is 0. The number of hydrogen-bond acceptors (Lipinski definition) is 2. The van der Waals surface area contributed by atoms with E-state index in [1.165, 1.54) is 6.07 Å². The van der Waals surface area contributed by atoms with Gasteiger partial charge in [0.1, 0.15) is 11.6 Å². The Kier molecular flexibility index (Phi) is 5.28. The molecule has 1 aliphatic carbocycles. The Labute approximate surface area is 123 Å². The van der Waals surface area contributed by atoms with E-state index in [4.69, 9.17) is 0 Å². The quantitative estimate of drug-likeness (QED) is 0.874. The van der Waals surface area contributed by atoms with Gasteiger partial charge in [-0.1, -0.05) is 12.8 Å². The zero-order valence-electron chi connectivity index (χ0n) is 12.1. The van der Waals surface area contributed by atoms with Gasteiger partial charge >= 0.3 is 5.97 Å². The molecular weight excluding hydrogens is 276 g/mol. The van der Waals surface area contributed by atoms with Gasteiger partial charge in [-0.15, -0.1) is 0 Å². The minimum absolute atomic E-state index is 0.0512. The van der Waals surface area contributed by atoms with E-state index in [-0.39, 0.29) is 23.4 Å². The van der Waals surface area contributed by atoms with Gasteiger partial charge in [-0.05, 0) is 50.4 Å². The highest BCUT2D eigenvalue weighted by atomic mass is 19.1. The van der Waals surface area contributed by atoms with Crippen molar-refractivity contribution in [3.63, 3.8) is 0 Å². The van der Waals surface area contributed by atoms with E-state index in [9.17, 15) is 18.7 Å². The maximum atomic E-state index is 13.7. The first-order chi connectivity index (χ1) is 9.99. The predicted molar refractivity (Wildman–Crippen MR) is 75.9 cm³/mol. The number of carboxylic acid groups (broad SMARTS) is 1. The van der Waals surface area contributed by atoms with Crippen molar-refractivity contribution in [3.05, 3.63) is 35.4 Å². The molecule has 1 aromatic carbocycles. The van der Waals surface area contributed by atoms with Crippen molar-refractivity contribution in [1.29, 1.82) is 0 Å². The number of nitrogens with one attached hydrogen (secondary N) is 1. The molecule has 1 fully saturated rings. The topological polar surface area (TPSA) is 49.3 Å². The van der Waals surface area contributed by atoms with Crippen molar-refractivity contribution in [1.82, 2.24) is 5.32 Å². The number of aliphatic carboxylic acids is 1. The highest BCUT2D eigenvalue weighted by molar-refractivity contribution is 5.70. The molecule has 3 nitrogen and oxygen atoms in total. The molecule has 0 heterocycles. The van der Waals surface area contributed by atoms with Gasteiger partial charge in [-0.3, -0.25) is 4.79 Å². The van der Waals surface area contributed by atoms with Crippen molar-refractivity contribution in [2.24, 2.45) is 11.8 Å². The van der Waals surface area contributed by atoms with E-state index in [2.05, 4.69) is 5.32 Å². The summed E-state index contributed by atoms with van der Waals surface area (Å²) in [6.45, 7) is 2.27. The molecule has 1 aliphatic rings. The van der Waals surface area contributed by atoms with Gasteiger partial charge in [0.25, 0.3) is 0 Å². The van der Waals surface area contributed by atoms with Gasteiger partial charge in [0, 0.05) is 11.6 Å². The Balaban J connectivity index is 1.98. The molecule has 0 aromatic heterocycles. The van der Waals surface area contributed by atoms with Crippen LogP contribution >= 0.6 is 0 Å². The summed E-state index contributed by atoms with van der Waals surface area (Å²) in [5.41, 5.74) is 0.276. The number of carbonyl (C=O) groups is 1. The Hall–Kier alpha value is -1.49. The van der Waals surface area contributed by atoms with Crippen LogP contribution in [0.1, 0.15) is 44.2 Å². The van der Waals surface area contributed by atoms with E-state index in [0.29, 0.717) is 13.0 Å². The molecule has 0 saturated heterocycles. The predicted octanol–water partition coefficient (Wildman–Crippen LogP) is 3.51. The van der Waals surface area contributed by atoms with Crippen LogP contribution in [-0.2, 0) is 4.79 Å². The molecular formula is C16H21F2NO2. The average Bonchev–Trinajstić information content (AvgIpc) is 2.47. The summed E-state index contributed by atoms with van der Waals surface area (Å²) in [7, 11) is 0. The maximum absolute atomic E-state index is 13.7. The van der Waals surface area contributed by atoms with Crippen LogP contribution in [0.15, 0.2) is 18.2 Å². The van der Waals surface area contributed by atoms with Crippen LogP contribution in [0.4, 0.5) is 8.78 Å². The smallest absolute Gasteiger partial charge is 0.306 e. The molecule has 0 radical (unpaired) electrons. The van der Waals surface area contributed by atoms with Crippen molar-refractivity contribution >= 4 is 5.97 Å². The van der Waals surface area contributed by atoms with E-state index >= 15 is 0 Å². The molecule has 116 valence electrons. The van der Waals surface area contributed by atoms with Gasteiger partial charge in [0.2, 0.25) is 0 Å². The largest absolute Gasteiger partial charge is 0.481 e. The highest BCUT2D eigenvalue weighted by Gasteiger charge is 2.30. The molecule has 5 heteroatoms. The SMILES string of the molecule is CC(NCC1CCCCC1C(=O)O)c1cc(F)ccc1F. The Morgan fingerprint density at radius 2 is 2.10 bits per heavy atom. The maximum Gasteiger partial charge on any atom is 0.306 e. The summed E-state index contributed by atoms with van der Waals surface area (Å²) in [5.74, 6) is -1.96. The highest BCUT2D eigenvalue weighted by Crippen LogP contribution is 2.30. The second kappa shape index (κ2) is 6.98. The number of hydrogen-bond donors (Lipinski definition) is 2. The monoisotopic (exact) mass is 297 g/mol. The molecule has 0 spiro atoms. The fraction of sp³-hybridized carbons (Fsp3) is 0.562. The van der Waals surface area contributed by atoms with E-state index in [0.717, 1.165) is 31.4 Å². The molecule has 3 unspecified atom stereocenters. The Morgan fingerprint density at radius 3 is 2.81 bits per heavy atom. The van der Waals surface area contributed by atoms with Gasteiger partial charge in [-0.2, -0.15) is 0 Å². The van der Waals surface area contributed by atoms with Gasteiger partial charge in [0.05, 0.1) is 5.92 Å². The van der Waals surface area contributed by atoms with E-state index in [1.54, 1.807) is 6.92 Å². The minimum Gasteiger partial charge on any atom is -0.481 e. The first-order valence-corrected chi connectivity index (χ1v) is 7.40. The zero-order valence-corrected chi connectivity index (χ0v) is 12.1. The van der Waals surface area contributed by atoms with Crippen LogP contribution in [0.25, 0.3) is 0 Å². The van der Waals surface area contributed by atoms with Crippen molar-refractivity contribution in [2.75, 3.05) is 6.54 Å². The molecule has 1 aromatic rings. The third kappa shape index (κ3) is 4.00. The summed E-state index contributed by atoms with van der Waals surface area (Å²) in [4.78, 5) is 11.2. The molecule has 1 saturated carbocycles. The van der Waals surface area contributed by atoms with Gasteiger partial charge in [0.15, 0.2) is 0 Å². The zero-order chi connectivity index (χ0) is 15.4. The van der Waals surface area contributed by atoms with Crippen LogP contribution in [-0.4, -0.2) is 17.6 Å². The normalized spacial score (nSPS) is 23.8. The molecule has 21 heavy (non-hydrogen) atoms. The molecule has 2 rings (SSSR count). The number of carboxylic acids is 1. The van der Waals surface area contributed by atoms with Crippen LogP contribution in [0, 0.1) is 23.5 Å². The summed E-state index contributed by atoms with van der Waals surface area (Å²) in [5, 5.41) is 12.4. The van der Waals surface area contributed by atoms with Crippen molar-refractivity contribution in [3.8, 4) is 0 Å². The van der Waals surface area contributed by atoms with Crippen LogP contribution < -0.4 is 5.32 Å². The first kappa shape index (κ1) is 15.9. The lowest BCUT2D eigenvalue weighted by atomic mass is 9.79. The fourth-order valence-electron chi connectivity index (χ4n) is 3.06. The Bertz CT molecular complexity index is 507. The molecule has 2 N–H and O–H groups in total. The lowest BCUT2D eigenvalue weighted by Gasteiger charge is -2.30. The van der Waals surface area contributed by atoms with Gasteiger partial charge in [-0.25, -0.2) is 8.78 Å². The van der Waals surface area contributed by atoms with E-state index in [1.807, 2.05) is 0 Å². The third-order valence-electron chi connectivity index (χ3n) is 4.34.